The molecule has 0 N–H and O–H groups in total. The van der Waals surface area contributed by atoms with Crippen LogP contribution in [0.25, 0.3) is 0 Å². The molecule has 0 radical (unpaired) electrons. The fraction of sp³-hybridized carbons (Fsp3) is 0.750. The summed E-state index contributed by atoms with van der Waals surface area (Å²) >= 11 is 0. The second kappa shape index (κ2) is 7.63. The van der Waals surface area contributed by atoms with Gasteiger partial charge in [0.2, 0.25) is 0 Å². The summed E-state index contributed by atoms with van der Waals surface area (Å²) in [5, 5.41) is 0. The van der Waals surface area contributed by atoms with Crippen LogP contribution in [0.1, 0.15) is 25.7 Å². The number of rotatable bonds is 6. The summed E-state index contributed by atoms with van der Waals surface area (Å²) < 4.78 is 10.7. The van der Waals surface area contributed by atoms with Gasteiger partial charge in [-0.3, -0.25) is 0 Å². The Hall–Kier alpha value is -0.613. The molecule has 1 aliphatic rings. The minimum Gasteiger partial charge on any atom is -0.463 e. The summed E-state index contributed by atoms with van der Waals surface area (Å²) in [6.45, 7) is 7.18. The lowest BCUT2D eigenvalue weighted by molar-refractivity contribution is -0.137. The van der Waals surface area contributed by atoms with Gasteiger partial charge < -0.3 is 9.47 Å². The summed E-state index contributed by atoms with van der Waals surface area (Å²) in [6, 6.07) is 1.19. The second-order valence-electron chi connectivity index (χ2n) is 4.40. The van der Waals surface area contributed by atoms with Gasteiger partial charge in [0.05, 0.1) is 15.4 Å². The fourth-order valence-corrected chi connectivity index (χ4v) is 4.49. The molecule has 92 valence electrons. The first kappa shape index (κ1) is 13.5. The molecular weight excluding hydrogens is 220 g/mol. The van der Waals surface area contributed by atoms with Crippen molar-refractivity contribution in [3.8, 4) is 0 Å². The van der Waals surface area contributed by atoms with Crippen LogP contribution in [0.3, 0.4) is 0 Å². The molecule has 1 rings (SSSR count). The van der Waals surface area contributed by atoms with Crippen molar-refractivity contribution in [2.45, 2.75) is 44.0 Å². The van der Waals surface area contributed by atoms with E-state index in [0.29, 0.717) is 12.3 Å². The number of carbonyl (C=O) groups is 1. The third kappa shape index (κ3) is 4.94. The number of ether oxygens (including phenoxy) is 2. The van der Waals surface area contributed by atoms with Crippen LogP contribution in [0, 0.1) is 0 Å². The van der Waals surface area contributed by atoms with Gasteiger partial charge in [-0.2, -0.15) is 0 Å². The molecule has 4 heteroatoms. The van der Waals surface area contributed by atoms with Crippen molar-refractivity contribution in [2.75, 3.05) is 13.2 Å². The van der Waals surface area contributed by atoms with Gasteiger partial charge >= 0.3 is 5.97 Å². The summed E-state index contributed by atoms with van der Waals surface area (Å²) in [5.41, 5.74) is 0.545. The van der Waals surface area contributed by atoms with Crippen LogP contribution in [0.2, 0.25) is 12.6 Å². The van der Waals surface area contributed by atoms with Crippen LogP contribution in [0.4, 0.5) is 0 Å². The third-order valence-corrected chi connectivity index (χ3v) is 6.18. The molecule has 0 aromatic carbocycles. The van der Waals surface area contributed by atoms with Crippen molar-refractivity contribution in [3.63, 3.8) is 0 Å². The molecule has 1 aliphatic heterocycles. The van der Waals surface area contributed by atoms with E-state index in [2.05, 4.69) is 13.1 Å². The van der Waals surface area contributed by atoms with Crippen LogP contribution in [-0.4, -0.2) is 33.7 Å². The van der Waals surface area contributed by atoms with Gasteiger partial charge in [-0.05, 0) is 25.7 Å². The average Bonchev–Trinajstić information content (AvgIpc) is 2.35. The molecule has 0 aromatic rings. The largest absolute Gasteiger partial charge is 0.463 e. The van der Waals surface area contributed by atoms with Crippen molar-refractivity contribution >= 4 is 14.8 Å². The van der Waals surface area contributed by atoms with E-state index in [9.17, 15) is 4.79 Å². The van der Waals surface area contributed by atoms with Gasteiger partial charge in [-0.1, -0.05) is 19.2 Å². The molecule has 16 heavy (non-hydrogen) atoms. The molecule has 0 amide bonds. The lowest BCUT2D eigenvalue weighted by atomic mass is 10.2. The smallest absolute Gasteiger partial charge is 0.330 e. The highest BCUT2D eigenvalue weighted by molar-refractivity contribution is 6.58. The van der Waals surface area contributed by atoms with Gasteiger partial charge in [0.1, 0.15) is 0 Å². The Labute approximate surface area is 99.4 Å². The second-order valence-corrected chi connectivity index (χ2v) is 7.67. The fourth-order valence-electron chi connectivity index (χ4n) is 2.04. The zero-order valence-corrected chi connectivity index (χ0v) is 11.3. The molecule has 0 spiro atoms. The first-order valence-electron chi connectivity index (χ1n) is 6.15. The van der Waals surface area contributed by atoms with Crippen LogP contribution in [0.5, 0.6) is 0 Å². The number of hydrogen-bond acceptors (Lipinski definition) is 3. The van der Waals surface area contributed by atoms with E-state index in [1.54, 1.807) is 0 Å². The lowest BCUT2D eigenvalue weighted by Gasteiger charge is -2.27. The molecule has 3 nitrogen and oxygen atoms in total. The molecular formula is C12H22O3Si. The summed E-state index contributed by atoms with van der Waals surface area (Å²) in [7, 11) is -0.795. The highest BCUT2D eigenvalue weighted by Crippen LogP contribution is 2.18. The van der Waals surface area contributed by atoms with Crippen molar-refractivity contribution in [1.82, 2.24) is 0 Å². The first-order chi connectivity index (χ1) is 7.74. The van der Waals surface area contributed by atoms with E-state index >= 15 is 0 Å². The van der Waals surface area contributed by atoms with Gasteiger partial charge in [0, 0.05) is 18.4 Å². The Balaban J connectivity index is 2.07. The molecule has 0 saturated carbocycles. The topological polar surface area (TPSA) is 35.5 Å². The maximum atomic E-state index is 10.8. The summed E-state index contributed by atoms with van der Waals surface area (Å²) in [5.74, 6) is -0.316. The number of hydrogen-bond donors (Lipinski definition) is 0. The molecule has 0 aliphatic carbocycles. The highest BCUT2D eigenvalue weighted by Gasteiger charge is 2.21. The SMILES string of the molecule is C=CC(=O)OCCC[SiH](C)C1CCCCO1. The zero-order chi connectivity index (χ0) is 11.8. The van der Waals surface area contributed by atoms with E-state index in [0.717, 1.165) is 13.0 Å². The Morgan fingerprint density at radius 1 is 1.62 bits per heavy atom. The van der Waals surface area contributed by atoms with E-state index < -0.39 is 8.80 Å². The maximum Gasteiger partial charge on any atom is 0.330 e. The molecule has 1 heterocycles. The normalized spacial score (nSPS) is 22.4. The molecule has 0 aromatic heterocycles. The van der Waals surface area contributed by atoms with Gasteiger partial charge in [-0.15, -0.1) is 0 Å². The molecule has 2 unspecified atom stereocenters. The third-order valence-electron chi connectivity index (χ3n) is 3.06. The maximum absolute atomic E-state index is 10.8. The predicted octanol–water partition coefficient (Wildman–Crippen LogP) is 2.07. The van der Waals surface area contributed by atoms with Crippen LogP contribution >= 0.6 is 0 Å². The molecule has 1 fully saturated rings. The molecule has 1 saturated heterocycles. The minimum atomic E-state index is -0.795. The van der Waals surface area contributed by atoms with Crippen molar-refractivity contribution in [3.05, 3.63) is 12.7 Å². The Kier molecular flexibility index (Phi) is 6.41. The van der Waals surface area contributed by atoms with Crippen LogP contribution in [0.15, 0.2) is 12.7 Å². The van der Waals surface area contributed by atoms with Crippen LogP contribution in [-0.2, 0) is 14.3 Å². The quantitative estimate of drug-likeness (QED) is 0.309. The van der Waals surface area contributed by atoms with Gasteiger partial charge in [0.15, 0.2) is 0 Å². The Morgan fingerprint density at radius 2 is 2.44 bits per heavy atom. The van der Waals surface area contributed by atoms with Crippen molar-refractivity contribution < 1.29 is 14.3 Å². The van der Waals surface area contributed by atoms with E-state index in [4.69, 9.17) is 9.47 Å². The monoisotopic (exact) mass is 242 g/mol. The highest BCUT2D eigenvalue weighted by atomic mass is 28.3. The molecule has 2 atom stereocenters. The summed E-state index contributed by atoms with van der Waals surface area (Å²) in [4.78, 5) is 10.8. The standard InChI is InChI=1S/C12H22O3Si/c1-3-11(13)14-9-6-10-16(2)12-7-4-5-8-15-12/h3,12,16H,1,4-10H2,2H3. The Morgan fingerprint density at radius 3 is 3.06 bits per heavy atom. The van der Waals surface area contributed by atoms with Crippen molar-refractivity contribution in [1.29, 1.82) is 0 Å². The lowest BCUT2D eigenvalue weighted by Crippen LogP contribution is -2.33. The molecule has 0 bridgehead atoms. The Bertz CT molecular complexity index is 224. The summed E-state index contributed by atoms with van der Waals surface area (Å²) in [6.07, 6.45) is 5.94. The number of esters is 1. The zero-order valence-electron chi connectivity index (χ0n) is 10.1. The van der Waals surface area contributed by atoms with E-state index in [-0.39, 0.29) is 5.97 Å². The van der Waals surface area contributed by atoms with Crippen LogP contribution < -0.4 is 0 Å². The van der Waals surface area contributed by atoms with Gasteiger partial charge in [0.25, 0.3) is 0 Å². The minimum absolute atomic E-state index is 0.316. The van der Waals surface area contributed by atoms with E-state index in [1.165, 1.54) is 31.4 Å². The first-order valence-corrected chi connectivity index (χ1v) is 8.78. The van der Waals surface area contributed by atoms with Gasteiger partial charge in [-0.25, -0.2) is 4.79 Å². The van der Waals surface area contributed by atoms with Crippen molar-refractivity contribution in [2.24, 2.45) is 0 Å². The van der Waals surface area contributed by atoms with E-state index in [1.807, 2.05) is 0 Å². The predicted molar refractivity (Wildman–Crippen MR) is 67.2 cm³/mol. The number of carbonyl (C=O) groups excluding carboxylic acids is 1. The average molecular weight is 242 g/mol.